The zero-order chi connectivity index (χ0) is 12.6. The van der Waals surface area contributed by atoms with Crippen molar-refractivity contribution in [3.8, 4) is 0 Å². The molecule has 16 heavy (non-hydrogen) atoms. The van der Waals surface area contributed by atoms with Gasteiger partial charge in [-0.1, -0.05) is 13.8 Å². The number of rotatable bonds is 9. The Labute approximate surface area is 101 Å². The van der Waals surface area contributed by atoms with E-state index in [1.807, 2.05) is 0 Å². The molecular weight excluding hydrogens is 200 g/mol. The second-order valence-electron chi connectivity index (χ2n) is 5.21. The van der Waals surface area contributed by atoms with Gasteiger partial charge in [0.1, 0.15) is 0 Å². The number of nitrogens with zero attached hydrogens (tertiary/aromatic N) is 1. The van der Waals surface area contributed by atoms with Gasteiger partial charge in [-0.25, -0.2) is 0 Å². The second kappa shape index (κ2) is 8.04. The van der Waals surface area contributed by atoms with Crippen molar-refractivity contribution < 1.29 is 5.11 Å². The van der Waals surface area contributed by atoms with Crippen LogP contribution in [0.2, 0.25) is 0 Å². The van der Waals surface area contributed by atoms with Crippen LogP contribution in [0, 0.1) is 0 Å². The van der Waals surface area contributed by atoms with Gasteiger partial charge in [-0.3, -0.25) is 4.90 Å². The molecule has 0 amide bonds. The number of hydrogen-bond donors (Lipinski definition) is 2. The van der Waals surface area contributed by atoms with Gasteiger partial charge < -0.3 is 10.4 Å². The van der Waals surface area contributed by atoms with Gasteiger partial charge in [0.05, 0.1) is 12.1 Å². The fourth-order valence-corrected chi connectivity index (χ4v) is 1.84. The van der Waals surface area contributed by atoms with Crippen LogP contribution >= 0.6 is 0 Å². The molecule has 3 nitrogen and oxygen atoms in total. The Morgan fingerprint density at radius 1 is 1.25 bits per heavy atom. The van der Waals surface area contributed by atoms with Crippen molar-refractivity contribution in [2.45, 2.75) is 59.0 Å². The van der Waals surface area contributed by atoms with Gasteiger partial charge in [-0.05, 0) is 46.7 Å². The smallest absolute Gasteiger partial charge is 0.0623 e. The maximum absolute atomic E-state index is 9.52. The van der Waals surface area contributed by atoms with E-state index in [1.165, 1.54) is 0 Å². The van der Waals surface area contributed by atoms with E-state index in [0.717, 1.165) is 32.5 Å². The number of aliphatic hydroxyl groups is 1. The molecule has 0 heterocycles. The fourth-order valence-electron chi connectivity index (χ4n) is 1.84. The highest BCUT2D eigenvalue weighted by atomic mass is 16.3. The first-order valence-electron chi connectivity index (χ1n) is 6.59. The summed E-state index contributed by atoms with van der Waals surface area (Å²) in [6.07, 6.45) is 2.26. The first-order valence-corrected chi connectivity index (χ1v) is 6.59. The Kier molecular flexibility index (Phi) is 7.98. The molecule has 0 aliphatic heterocycles. The Bertz CT molecular complexity index is 173. The van der Waals surface area contributed by atoms with Crippen LogP contribution in [0.15, 0.2) is 0 Å². The van der Waals surface area contributed by atoms with E-state index in [-0.39, 0.29) is 12.1 Å². The molecule has 0 aromatic rings. The van der Waals surface area contributed by atoms with Crippen LogP contribution in [0.5, 0.6) is 0 Å². The summed E-state index contributed by atoms with van der Waals surface area (Å²) >= 11 is 0. The minimum Gasteiger partial charge on any atom is -0.394 e. The summed E-state index contributed by atoms with van der Waals surface area (Å²) in [5.41, 5.74) is -0.171. The lowest BCUT2D eigenvalue weighted by molar-refractivity contribution is 0.103. The molecule has 0 bridgehead atoms. The van der Waals surface area contributed by atoms with Crippen LogP contribution in [-0.2, 0) is 0 Å². The summed E-state index contributed by atoms with van der Waals surface area (Å²) in [6, 6.07) is 0.536. The molecule has 0 aromatic carbocycles. The number of nitrogens with one attached hydrogen (secondary N) is 1. The molecule has 0 aromatic heterocycles. The van der Waals surface area contributed by atoms with E-state index in [2.05, 4.69) is 44.8 Å². The molecular formula is C13H30N2O. The first kappa shape index (κ1) is 15.9. The first-order chi connectivity index (χ1) is 7.49. The van der Waals surface area contributed by atoms with Crippen LogP contribution in [0.3, 0.4) is 0 Å². The lowest BCUT2D eigenvalue weighted by Gasteiger charge is -2.37. The van der Waals surface area contributed by atoms with Gasteiger partial charge in [0.2, 0.25) is 0 Å². The molecule has 0 aliphatic rings. The highest BCUT2D eigenvalue weighted by molar-refractivity contribution is 4.86. The molecule has 0 rings (SSSR count). The molecule has 98 valence electrons. The zero-order valence-electron chi connectivity index (χ0n) is 11.7. The van der Waals surface area contributed by atoms with E-state index in [4.69, 9.17) is 0 Å². The summed E-state index contributed by atoms with van der Waals surface area (Å²) in [5.74, 6) is 0. The average molecular weight is 230 g/mol. The molecule has 0 spiro atoms. The number of aliphatic hydroxyl groups excluding tert-OH is 1. The maximum atomic E-state index is 9.52. The van der Waals surface area contributed by atoms with Crippen LogP contribution < -0.4 is 5.32 Å². The minimum atomic E-state index is -0.171. The van der Waals surface area contributed by atoms with Crippen molar-refractivity contribution in [2.24, 2.45) is 0 Å². The lowest BCUT2D eigenvalue weighted by atomic mass is 10.0. The Hall–Kier alpha value is -0.120. The van der Waals surface area contributed by atoms with Crippen molar-refractivity contribution in [2.75, 3.05) is 26.2 Å². The largest absolute Gasteiger partial charge is 0.394 e. The molecule has 1 unspecified atom stereocenters. The average Bonchev–Trinajstić information content (AvgIpc) is 2.26. The maximum Gasteiger partial charge on any atom is 0.0623 e. The topological polar surface area (TPSA) is 35.5 Å². The third-order valence-electron chi connectivity index (χ3n) is 2.94. The monoisotopic (exact) mass is 230 g/mol. The molecule has 0 saturated heterocycles. The summed E-state index contributed by atoms with van der Waals surface area (Å²) in [4.78, 5) is 2.43. The van der Waals surface area contributed by atoms with E-state index >= 15 is 0 Å². The fraction of sp³-hybridized carbons (Fsp3) is 1.00. The van der Waals surface area contributed by atoms with Crippen LogP contribution in [0.1, 0.15) is 47.5 Å². The van der Waals surface area contributed by atoms with Gasteiger partial charge in [-0.15, -0.1) is 0 Å². The predicted octanol–water partition coefficient (Wildman–Crippen LogP) is 1.86. The van der Waals surface area contributed by atoms with Gasteiger partial charge in [-0.2, -0.15) is 0 Å². The molecule has 0 aliphatic carbocycles. The molecule has 0 radical (unpaired) electrons. The van der Waals surface area contributed by atoms with Crippen molar-refractivity contribution in [3.05, 3.63) is 0 Å². The normalized spacial score (nSPS) is 15.8. The zero-order valence-corrected chi connectivity index (χ0v) is 11.7. The van der Waals surface area contributed by atoms with E-state index in [1.54, 1.807) is 0 Å². The molecule has 1 atom stereocenters. The Morgan fingerprint density at radius 2 is 1.88 bits per heavy atom. The third-order valence-corrected chi connectivity index (χ3v) is 2.94. The van der Waals surface area contributed by atoms with Gasteiger partial charge >= 0.3 is 0 Å². The standard InChI is InChI=1S/C13H30N2O/c1-6-8-14-13(5,11-16)10-15(9-7-2)12(3)4/h12,14,16H,6-11H2,1-5H3. The van der Waals surface area contributed by atoms with Crippen molar-refractivity contribution in [1.29, 1.82) is 0 Å². The van der Waals surface area contributed by atoms with E-state index in [9.17, 15) is 5.11 Å². The number of hydrogen-bond acceptors (Lipinski definition) is 3. The SMILES string of the molecule is CCCNC(C)(CO)CN(CCC)C(C)C. The van der Waals surface area contributed by atoms with Crippen LogP contribution in [-0.4, -0.2) is 47.8 Å². The summed E-state index contributed by atoms with van der Waals surface area (Å²) < 4.78 is 0. The second-order valence-corrected chi connectivity index (χ2v) is 5.21. The molecule has 3 heteroatoms. The minimum absolute atomic E-state index is 0.171. The Morgan fingerprint density at radius 3 is 2.25 bits per heavy atom. The summed E-state index contributed by atoms with van der Waals surface area (Å²) in [5, 5.41) is 13.0. The molecule has 2 N–H and O–H groups in total. The predicted molar refractivity (Wildman–Crippen MR) is 70.8 cm³/mol. The molecule has 0 fully saturated rings. The van der Waals surface area contributed by atoms with Crippen molar-refractivity contribution in [1.82, 2.24) is 10.2 Å². The van der Waals surface area contributed by atoms with Gasteiger partial charge in [0.25, 0.3) is 0 Å². The van der Waals surface area contributed by atoms with Crippen molar-refractivity contribution >= 4 is 0 Å². The van der Waals surface area contributed by atoms with E-state index in [0.29, 0.717) is 6.04 Å². The molecule has 0 saturated carbocycles. The summed E-state index contributed by atoms with van der Waals surface area (Å²) in [6.45, 7) is 14.1. The van der Waals surface area contributed by atoms with Crippen LogP contribution in [0.4, 0.5) is 0 Å². The third kappa shape index (κ3) is 5.83. The van der Waals surface area contributed by atoms with Crippen molar-refractivity contribution in [3.63, 3.8) is 0 Å². The van der Waals surface area contributed by atoms with Gasteiger partial charge in [0, 0.05) is 12.6 Å². The Balaban J connectivity index is 4.33. The van der Waals surface area contributed by atoms with E-state index < -0.39 is 0 Å². The van der Waals surface area contributed by atoms with Crippen LogP contribution in [0.25, 0.3) is 0 Å². The summed E-state index contributed by atoms with van der Waals surface area (Å²) in [7, 11) is 0. The quantitative estimate of drug-likeness (QED) is 0.634. The van der Waals surface area contributed by atoms with Gasteiger partial charge in [0.15, 0.2) is 0 Å². The highest BCUT2D eigenvalue weighted by Gasteiger charge is 2.26. The highest BCUT2D eigenvalue weighted by Crippen LogP contribution is 2.10. The lowest BCUT2D eigenvalue weighted by Crippen LogP contribution is -2.55.